The second kappa shape index (κ2) is 5.69. The third kappa shape index (κ3) is 2.74. The van der Waals surface area contributed by atoms with Crippen molar-refractivity contribution in [2.45, 2.75) is 78.7 Å². The Kier molecular flexibility index (Phi) is 4.16. The smallest absolute Gasteiger partial charge is 0.243 e. The Morgan fingerprint density at radius 2 is 1.95 bits per heavy atom. The predicted octanol–water partition coefficient (Wildman–Crippen LogP) is 4.70. The van der Waals surface area contributed by atoms with E-state index >= 15 is 0 Å². The average Bonchev–Trinajstić information content (AvgIpc) is 2.76. The molecular weight excluding hydrogens is 270 g/mol. The average molecular weight is 303 g/mol. The van der Waals surface area contributed by atoms with Crippen molar-refractivity contribution < 1.29 is 4.79 Å². The normalized spacial score (nSPS) is 43.7. The molecule has 3 aliphatic rings. The molecule has 5 atom stereocenters. The minimum absolute atomic E-state index is 0.0901. The molecule has 2 nitrogen and oxygen atoms in total. The van der Waals surface area contributed by atoms with Crippen LogP contribution in [0.25, 0.3) is 0 Å². The first-order valence-electron chi connectivity index (χ1n) is 9.32. The second-order valence-electron chi connectivity index (χ2n) is 9.04. The summed E-state index contributed by atoms with van der Waals surface area (Å²) in [5, 5.41) is 3.20. The van der Waals surface area contributed by atoms with E-state index in [4.69, 9.17) is 0 Å². The van der Waals surface area contributed by atoms with E-state index < -0.39 is 0 Å². The Bertz CT molecular complexity index is 466. The van der Waals surface area contributed by atoms with Crippen molar-refractivity contribution in [2.24, 2.45) is 28.6 Å². The molecule has 5 unspecified atom stereocenters. The number of carbonyl (C=O) groups is 1. The van der Waals surface area contributed by atoms with Crippen molar-refractivity contribution in [3.05, 3.63) is 12.2 Å². The standard InChI is InChI=1S/C20H33NO/c1-14-7-9-16-15(6-5-12-20(14,16)4)8-10-17-19(2,3)13-11-18(22)21-17/h11,13-17H,5-10,12H2,1-4H3,(H,21,22). The van der Waals surface area contributed by atoms with Gasteiger partial charge in [-0.25, -0.2) is 0 Å². The van der Waals surface area contributed by atoms with E-state index in [1.54, 1.807) is 6.08 Å². The van der Waals surface area contributed by atoms with Gasteiger partial charge >= 0.3 is 0 Å². The van der Waals surface area contributed by atoms with Crippen LogP contribution in [0.4, 0.5) is 0 Å². The van der Waals surface area contributed by atoms with Gasteiger partial charge in [-0.05, 0) is 61.3 Å². The van der Waals surface area contributed by atoms with Crippen LogP contribution in [0, 0.1) is 28.6 Å². The highest BCUT2D eigenvalue weighted by Gasteiger charge is 2.49. The fourth-order valence-corrected chi connectivity index (χ4v) is 5.59. The summed E-state index contributed by atoms with van der Waals surface area (Å²) >= 11 is 0. The van der Waals surface area contributed by atoms with Crippen LogP contribution in [0.1, 0.15) is 72.6 Å². The van der Waals surface area contributed by atoms with E-state index in [0.717, 1.165) is 24.2 Å². The minimum Gasteiger partial charge on any atom is -0.349 e. The largest absolute Gasteiger partial charge is 0.349 e. The molecule has 0 radical (unpaired) electrons. The van der Waals surface area contributed by atoms with E-state index in [1.807, 2.05) is 0 Å². The molecule has 1 amide bonds. The molecule has 3 rings (SSSR count). The van der Waals surface area contributed by atoms with E-state index in [2.05, 4.69) is 39.1 Å². The van der Waals surface area contributed by atoms with Gasteiger partial charge in [0.05, 0.1) is 0 Å². The van der Waals surface area contributed by atoms with E-state index in [0.29, 0.717) is 11.5 Å². The van der Waals surface area contributed by atoms with E-state index in [-0.39, 0.29) is 11.3 Å². The van der Waals surface area contributed by atoms with Gasteiger partial charge in [-0.15, -0.1) is 0 Å². The number of carbonyl (C=O) groups excluding carboxylic acids is 1. The highest BCUT2D eigenvalue weighted by atomic mass is 16.1. The maximum atomic E-state index is 11.7. The molecule has 0 aromatic heterocycles. The molecule has 1 aliphatic heterocycles. The topological polar surface area (TPSA) is 29.1 Å². The lowest BCUT2D eigenvalue weighted by Gasteiger charge is -2.45. The zero-order valence-corrected chi connectivity index (χ0v) is 14.8. The number of rotatable bonds is 3. The van der Waals surface area contributed by atoms with Crippen LogP contribution in [0.3, 0.4) is 0 Å². The number of hydrogen-bond acceptors (Lipinski definition) is 1. The van der Waals surface area contributed by atoms with Gasteiger partial charge in [-0.3, -0.25) is 4.79 Å². The van der Waals surface area contributed by atoms with Crippen molar-refractivity contribution in [1.29, 1.82) is 0 Å². The zero-order chi connectivity index (χ0) is 16.0. The molecule has 1 heterocycles. The first kappa shape index (κ1) is 16.1. The summed E-state index contributed by atoms with van der Waals surface area (Å²) in [7, 11) is 0. The highest BCUT2D eigenvalue weighted by Crippen LogP contribution is 2.58. The second-order valence-corrected chi connectivity index (χ2v) is 9.04. The summed E-state index contributed by atoms with van der Waals surface area (Å²) < 4.78 is 0. The van der Waals surface area contributed by atoms with Gasteiger partial charge in [0.1, 0.15) is 0 Å². The van der Waals surface area contributed by atoms with Crippen LogP contribution in [0.15, 0.2) is 12.2 Å². The molecule has 0 bridgehead atoms. The van der Waals surface area contributed by atoms with Crippen molar-refractivity contribution in [2.75, 3.05) is 0 Å². The third-order valence-corrected chi connectivity index (χ3v) is 7.45. The van der Waals surface area contributed by atoms with Gasteiger partial charge in [0.25, 0.3) is 0 Å². The number of hydrogen-bond donors (Lipinski definition) is 1. The Balaban J connectivity index is 1.64. The SMILES string of the molecule is CC1CCC2C(CCC3NC(=O)C=CC3(C)C)CCCC12C. The van der Waals surface area contributed by atoms with Crippen molar-refractivity contribution in [3.63, 3.8) is 0 Å². The van der Waals surface area contributed by atoms with Crippen LogP contribution in [0.2, 0.25) is 0 Å². The van der Waals surface area contributed by atoms with Gasteiger partial charge < -0.3 is 5.32 Å². The summed E-state index contributed by atoms with van der Waals surface area (Å²) in [5.74, 6) is 2.79. The number of nitrogens with one attached hydrogen (secondary N) is 1. The highest BCUT2D eigenvalue weighted by molar-refractivity contribution is 5.88. The summed E-state index contributed by atoms with van der Waals surface area (Å²) in [6.07, 6.45) is 13.3. The molecule has 2 heteroatoms. The maximum absolute atomic E-state index is 11.7. The lowest BCUT2D eigenvalue weighted by molar-refractivity contribution is -0.118. The molecule has 2 saturated carbocycles. The maximum Gasteiger partial charge on any atom is 0.243 e. The molecule has 2 fully saturated rings. The lowest BCUT2D eigenvalue weighted by Crippen LogP contribution is -2.47. The fourth-order valence-electron chi connectivity index (χ4n) is 5.59. The van der Waals surface area contributed by atoms with Gasteiger partial charge in [0.2, 0.25) is 5.91 Å². The van der Waals surface area contributed by atoms with Crippen molar-refractivity contribution in [1.82, 2.24) is 5.32 Å². The zero-order valence-electron chi connectivity index (χ0n) is 14.8. The molecule has 22 heavy (non-hydrogen) atoms. The molecular formula is C20H33NO. The summed E-state index contributed by atoms with van der Waals surface area (Å²) in [6, 6.07) is 0.303. The van der Waals surface area contributed by atoms with E-state index in [9.17, 15) is 4.79 Å². The molecule has 0 spiro atoms. The Morgan fingerprint density at radius 3 is 2.73 bits per heavy atom. The molecule has 0 saturated heterocycles. The molecule has 0 aromatic carbocycles. The Hall–Kier alpha value is -0.790. The van der Waals surface area contributed by atoms with Crippen LogP contribution < -0.4 is 5.32 Å². The summed E-state index contributed by atoms with van der Waals surface area (Å²) in [4.78, 5) is 11.7. The summed E-state index contributed by atoms with van der Waals surface area (Å²) in [6.45, 7) is 9.51. The van der Waals surface area contributed by atoms with Gasteiger partial charge in [0.15, 0.2) is 0 Å². The minimum atomic E-state index is 0.0901. The van der Waals surface area contributed by atoms with Gasteiger partial charge in [-0.2, -0.15) is 0 Å². The van der Waals surface area contributed by atoms with Crippen LogP contribution in [-0.2, 0) is 4.79 Å². The third-order valence-electron chi connectivity index (χ3n) is 7.45. The Labute approximate surface area is 136 Å². The molecule has 0 aromatic rings. The van der Waals surface area contributed by atoms with Crippen molar-refractivity contribution in [3.8, 4) is 0 Å². The molecule has 124 valence electrons. The van der Waals surface area contributed by atoms with Crippen molar-refractivity contribution >= 4 is 5.91 Å². The summed E-state index contributed by atoms with van der Waals surface area (Å²) in [5.41, 5.74) is 0.684. The fraction of sp³-hybridized carbons (Fsp3) is 0.850. The predicted molar refractivity (Wildman–Crippen MR) is 91.4 cm³/mol. The molecule has 1 N–H and O–H groups in total. The monoisotopic (exact) mass is 303 g/mol. The van der Waals surface area contributed by atoms with Crippen LogP contribution >= 0.6 is 0 Å². The van der Waals surface area contributed by atoms with Crippen LogP contribution in [0.5, 0.6) is 0 Å². The number of amides is 1. The van der Waals surface area contributed by atoms with E-state index in [1.165, 1.54) is 38.5 Å². The number of fused-ring (bicyclic) bond motifs is 1. The van der Waals surface area contributed by atoms with Gasteiger partial charge in [0, 0.05) is 11.5 Å². The lowest BCUT2D eigenvalue weighted by atomic mass is 9.60. The quantitative estimate of drug-likeness (QED) is 0.804. The van der Waals surface area contributed by atoms with Crippen LogP contribution in [-0.4, -0.2) is 11.9 Å². The van der Waals surface area contributed by atoms with Gasteiger partial charge in [-0.1, -0.05) is 46.6 Å². The Morgan fingerprint density at radius 1 is 1.18 bits per heavy atom. The first-order valence-corrected chi connectivity index (χ1v) is 9.32. The molecule has 2 aliphatic carbocycles. The first-order chi connectivity index (χ1) is 10.3.